The van der Waals surface area contributed by atoms with Crippen molar-refractivity contribution in [3.63, 3.8) is 0 Å². The van der Waals surface area contributed by atoms with Crippen LogP contribution < -0.4 is 10.1 Å². The number of carbonyl (C=O) groups is 1. The van der Waals surface area contributed by atoms with Gasteiger partial charge in [-0.2, -0.15) is 0 Å². The normalized spacial score (nSPS) is 11.3. The number of carbonyl (C=O) groups excluding carboxylic acids is 1. The van der Waals surface area contributed by atoms with Crippen molar-refractivity contribution in [2.24, 2.45) is 0 Å². The fourth-order valence-electron chi connectivity index (χ4n) is 2.77. The summed E-state index contributed by atoms with van der Waals surface area (Å²) in [6.07, 6.45) is 0. The van der Waals surface area contributed by atoms with Gasteiger partial charge in [-0.3, -0.25) is 4.79 Å². The molecule has 29 heavy (non-hydrogen) atoms. The van der Waals surface area contributed by atoms with Crippen molar-refractivity contribution < 1.29 is 22.5 Å². The first-order chi connectivity index (χ1) is 13.8. The molecule has 0 aliphatic rings. The molecule has 1 amide bonds. The van der Waals surface area contributed by atoms with Crippen LogP contribution in [0, 0.1) is 13.8 Å². The summed E-state index contributed by atoms with van der Waals surface area (Å²) in [6, 6.07) is 13.0. The van der Waals surface area contributed by atoms with Crippen LogP contribution in [0.2, 0.25) is 0 Å². The zero-order valence-electron chi connectivity index (χ0n) is 16.4. The molecule has 0 bridgehead atoms. The molecule has 0 saturated heterocycles. The smallest absolute Gasteiger partial charge is 0.259 e. The lowest BCUT2D eigenvalue weighted by Gasteiger charge is -2.12. The number of sulfone groups is 1. The molecule has 0 aliphatic heterocycles. The van der Waals surface area contributed by atoms with Gasteiger partial charge in [0, 0.05) is 5.69 Å². The zero-order valence-corrected chi connectivity index (χ0v) is 17.2. The Bertz CT molecular complexity index is 1120. The second kappa shape index (κ2) is 8.48. The summed E-state index contributed by atoms with van der Waals surface area (Å²) in [7, 11) is -3.36. The molecule has 0 saturated carbocycles. The Morgan fingerprint density at radius 1 is 1.14 bits per heavy atom. The van der Waals surface area contributed by atoms with E-state index in [0.717, 1.165) is 11.3 Å². The quantitative estimate of drug-likeness (QED) is 0.629. The molecule has 3 aromatic rings. The Hall–Kier alpha value is -3.13. The van der Waals surface area contributed by atoms with Gasteiger partial charge < -0.3 is 14.6 Å². The molecule has 2 aromatic carbocycles. The molecule has 3 rings (SSSR count). The predicted molar refractivity (Wildman–Crippen MR) is 109 cm³/mol. The maximum atomic E-state index is 12.8. The van der Waals surface area contributed by atoms with Crippen molar-refractivity contribution in [2.75, 3.05) is 11.1 Å². The van der Waals surface area contributed by atoms with Crippen molar-refractivity contribution in [3.05, 3.63) is 71.1 Å². The maximum absolute atomic E-state index is 12.8. The molecule has 8 heteroatoms. The van der Waals surface area contributed by atoms with E-state index < -0.39 is 15.7 Å². The van der Waals surface area contributed by atoms with E-state index in [1.807, 2.05) is 6.92 Å². The van der Waals surface area contributed by atoms with Gasteiger partial charge >= 0.3 is 0 Å². The van der Waals surface area contributed by atoms with Crippen LogP contribution in [0.15, 0.2) is 57.9 Å². The first-order valence-electron chi connectivity index (χ1n) is 9.09. The van der Waals surface area contributed by atoms with E-state index in [1.165, 1.54) is 12.1 Å². The number of aromatic nitrogens is 1. The average molecular weight is 414 g/mol. The summed E-state index contributed by atoms with van der Waals surface area (Å²) in [6.45, 7) is 5.42. The monoisotopic (exact) mass is 414 g/mol. The highest BCUT2D eigenvalue weighted by Crippen LogP contribution is 2.23. The predicted octanol–water partition coefficient (Wildman–Crippen LogP) is 3.92. The first-order valence-corrected chi connectivity index (χ1v) is 10.7. The van der Waals surface area contributed by atoms with Crippen LogP contribution >= 0.6 is 0 Å². The van der Waals surface area contributed by atoms with Gasteiger partial charge in [0.1, 0.15) is 18.1 Å². The fraction of sp³-hybridized carbons (Fsp3) is 0.238. The van der Waals surface area contributed by atoms with Crippen LogP contribution in [0.4, 0.5) is 5.69 Å². The van der Waals surface area contributed by atoms with Gasteiger partial charge in [0.25, 0.3) is 5.91 Å². The number of rotatable bonds is 7. The van der Waals surface area contributed by atoms with Gasteiger partial charge in [-0.05, 0) is 44.2 Å². The zero-order chi connectivity index (χ0) is 21.0. The lowest BCUT2D eigenvalue weighted by atomic mass is 10.1. The fourth-order valence-corrected chi connectivity index (χ4v) is 3.70. The summed E-state index contributed by atoms with van der Waals surface area (Å²) in [5, 5.41) is 6.63. The highest BCUT2D eigenvalue weighted by molar-refractivity contribution is 7.91. The summed E-state index contributed by atoms with van der Waals surface area (Å²) >= 11 is 0. The van der Waals surface area contributed by atoms with E-state index >= 15 is 0 Å². The van der Waals surface area contributed by atoms with Crippen LogP contribution in [0.1, 0.15) is 34.3 Å². The van der Waals surface area contributed by atoms with E-state index in [9.17, 15) is 13.2 Å². The van der Waals surface area contributed by atoms with Gasteiger partial charge in [-0.25, -0.2) is 8.42 Å². The number of benzene rings is 2. The lowest BCUT2D eigenvalue weighted by molar-refractivity contribution is 0.102. The number of hydrogen-bond donors (Lipinski definition) is 1. The van der Waals surface area contributed by atoms with Crippen LogP contribution in [-0.2, 0) is 16.4 Å². The maximum Gasteiger partial charge on any atom is 0.259 e. The molecule has 0 spiro atoms. The molecule has 152 valence electrons. The van der Waals surface area contributed by atoms with E-state index in [-0.39, 0.29) is 17.3 Å². The molecule has 1 heterocycles. The van der Waals surface area contributed by atoms with Crippen molar-refractivity contribution in [2.45, 2.75) is 32.3 Å². The minimum absolute atomic E-state index is 0.0111. The van der Waals surface area contributed by atoms with Crippen LogP contribution in [-0.4, -0.2) is 25.2 Å². The second-order valence-corrected chi connectivity index (χ2v) is 8.75. The topological polar surface area (TPSA) is 98.5 Å². The highest BCUT2D eigenvalue weighted by Gasteiger charge is 2.16. The van der Waals surface area contributed by atoms with Gasteiger partial charge in [-0.1, -0.05) is 30.3 Å². The third-order valence-corrected chi connectivity index (χ3v) is 6.25. The molecule has 0 aliphatic carbocycles. The Morgan fingerprint density at radius 3 is 2.59 bits per heavy atom. The molecular formula is C21H22N2O5S. The van der Waals surface area contributed by atoms with Crippen LogP contribution in [0.5, 0.6) is 5.75 Å². The Kier molecular flexibility index (Phi) is 6.03. The Labute approximate surface area is 169 Å². The third kappa shape index (κ3) is 4.65. The molecule has 7 nitrogen and oxygen atoms in total. The van der Waals surface area contributed by atoms with Gasteiger partial charge in [0.15, 0.2) is 9.84 Å². The van der Waals surface area contributed by atoms with Crippen LogP contribution in [0.25, 0.3) is 0 Å². The van der Waals surface area contributed by atoms with Crippen molar-refractivity contribution >= 4 is 21.4 Å². The van der Waals surface area contributed by atoms with E-state index in [2.05, 4.69) is 10.5 Å². The third-order valence-electron chi connectivity index (χ3n) is 4.52. The summed E-state index contributed by atoms with van der Waals surface area (Å²) in [5.74, 6) is 0.661. The molecule has 1 N–H and O–H groups in total. The number of aryl methyl sites for hydroxylation is 2. The number of amides is 1. The van der Waals surface area contributed by atoms with E-state index in [4.69, 9.17) is 9.26 Å². The first kappa shape index (κ1) is 20.6. The highest BCUT2D eigenvalue weighted by atomic mass is 32.2. The SMILES string of the molecule is CCS(=O)(=O)c1cccc(NC(=O)c2ccccc2OCc2c(C)noc2C)c1. The van der Waals surface area contributed by atoms with Gasteiger partial charge in [-0.15, -0.1) is 0 Å². The average Bonchev–Trinajstić information content (AvgIpc) is 3.04. The summed E-state index contributed by atoms with van der Waals surface area (Å²) in [4.78, 5) is 13.0. The standard InChI is InChI=1S/C21H22N2O5S/c1-4-29(25,26)17-9-7-8-16(12-17)22-21(24)18-10-5-6-11-20(18)27-13-19-14(2)23-28-15(19)3/h5-12H,4,13H2,1-3H3,(H,22,24). The van der Waals surface area contributed by atoms with Crippen molar-refractivity contribution in [3.8, 4) is 5.75 Å². The summed E-state index contributed by atoms with van der Waals surface area (Å²) in [5.41, 5.74) is 2.30. The number of anilines is 1. The van der Waals surface area contributed by atoms with E-state index in [1.54, 1.807) is 50.2 Å². The minimum atomic E-state index is -3.36. The van der Waals surface area contributed by atoms with Crippen LogP contribution in [0.3, 0.4) is 0 Å². The van der Waals surface area contributed by atoms with Gasteiger partial charge in [0.05, 0.1) is 27.5 Å². The van der Waals surface area contributed by atoms with E-state index in [0.29, 0.717) is 22.8 Å². The number of hydrogen-bond acceptors (Lipinski definition) is 6. The molecule has 0 atom stereocenters. The molecular weight excluding hydrogens is 392 g/mol. The molecule has 0 radical (unpaired) electrons. The Morgan fingerprint density at radius 2 is 1.90 bits per heavy atom. The molecule has 0 fully saturated rings. The second-order valence-electron chi connectivity index (χ2n) is 6.47. The molecule has 1 aromatic heterocycles. The Balaban J connectivity index is 1.79. The number of nitrogens with zero attached hydrogens (tertiary/aromatic N) is 1. The van der Waals surface area contributed by atoms with Crippen molar-refractivity contribution in [1.82, 2.24) is 5.16 Å². The number of nitrogens with one attached hydrogen (secondary N) is 1. The van der Waals surface area contributed by atoms with Crippen molar-refractivity contribution in [1.29, 1.82) is 0 Å². The largest absolute Gasteiger partial charge is 0.488 e. The van der Waals surface area contributed by atoms with Gasteiger partial charge in [0.2, 0.25) is 0 Å². The summed E-state index contributed by atoms with van der Waals surface area (Å²) < 4.78 is 35.1. The molecule has 0 unspecified atom stereocenters. The minimum Gasteiger partial charge on any atom is -0.488 e. The number of ether oxygens (including phenoxy) is 1. The lowest BCUT2D eigenvalue weighted by Crippen LogP contribution is -2.14. The number of para-hydroxylation sites is 1.